The molecule has 5 heteroatoms. The molecule has 0 aromatic heterocycles. The number of benzene rings is 3. The van der Waals surface area contributed by atoms with Gasteiger partial charge in [0.25, 0.3) is 0 Å². The molecule has 3 aromatic carbocycles. The fraction of sp³-hybridized carbons (Fsp3) is 0.217. The van der Waals surface area contributed by atoms with E-state index in [2.05, 4.69) is 17.4 Å². The maximum Gasteiger partial charge on any atom is 0.357 e. The van der Waals surface area contributed by atoms with E-state index in [1.165, 1.54) is 0 Å². The van der Waals surface area contributed by atoms with Crippen molar-refractivity contribution in [3.05, 3.63) is 90.5 Å². The molecule has 1 atom stereocenters. The van der Waals surface area contributed by atoms with Crippen LogP contribution in [-0.4, -0.2) is 13.2 Å². The van der Waals surface area contributed by atoms with E-state index in [0.717, 1.165) is 22.4 Å². The van der Waals surface area contributed by atoms with Gasteiger partial charge in [-0.1, -0.05) is 72.8 Å². The van der Waals surface area contributed by atoms with Crippen molar-refractivity contribution >= 4 is 13.3 Å². The molecule has 0 spiro atoms. The van der Waals surface area contributed by atoms with Crippen molar-refractivity contribution in [2.75, 3.05) is 18.5 Å². The Hall–Kier alpha value is -2.39. The monoisotopic (exact) mass is 395 g/mol. The minimum absolute atomic E-state index is 0.312. The van der Waals surface area contributed by atoms with Crippen molar-refractivity contribution < 1.29 is 13.6 Å². The summed E-state index contributed by atoms with van der Waals surface area (Å²) < 4.78 is 24.9. The standard InChI is InChI=1S/C23H26NO3P/c1-3-26-28(25,27-4-2)23(24-22-13-9-6-10-14-22)21-17-15-20(16-18-21)19-11-7-5-8-12-19/h5-18,23-24H,3-4H2,1-2H3. The molecule has 1 N–H and O–H groups in total. The number of hydrogen-bond donors (Lipinski definition) is 1. The fourth-order valence-electron chi connectivity index (χ4n) is 3.07. The van der Waals surface area contributed by atoms with Crippen molar-refractivity contribution in [1.82, 2.24) is 0 Å². The highest BCUT2D eigenvalue weighted by molar-refractivity contribution is 7.54. The Morgan fingerprint density at radius 3 is 1.79 bits per heavy atom. The minimum atomic E-state index is -3.42. The molecule has 0 aliphatic heterocycles. The van der Waals surface area contributed by atoms with E-state index >= 15 is 0 Å². The number of rotatable bonds is 9. The Morgan fingerprint density at radius 2 is 1.25 bits per heavy atom. The summed E-state index contributed by atoms with van der Waals surface area (Å²) in [6, 6.07) is 27.9. The molecule has 0 fully saturated rings. The van der Waals surface area contributed by atoms with E-state index in [0.29, 0.717) is 13.2 Å². The molecule has 0 radical (unpaired) electrons. The minimum Gasteiger partial charge on any atom is -0.368 e. The Labute approximate surface area is 167 Å². The van der Waals surface area contributed by atoms with E-state index < -0.39 is 13.4 Å². The molecule has 4 nitrogen and oxygen atoms in total. The van der Waals surface area contributed by atoms with Gasteiger partial charge < -0.3 is 14.4 Å². The van der Waals surface area contributed by atoms with Crippen LogP contribution in [0.4, 0.5) is 5.69 Å². The molecule has 3 rings (SSSR count). The van der Waals surface area contributed by atoms with Crippen molar-refractivity contribution in [1.29, 1.82) is 0 Å². The molecule has 0 bridgehead atoms. The zero-order chi connectivity index (χ0) is 19.8. The maximum atomic E-state index is 13.6. The Morgan fingerprint density at radius 1 is 0.750 bits per heavy atom. The predicted octanol–water partition coefficient (Wildman–Crippen LogP) is 6.73. The highest BCUT2D eigenvalue weighted by Crippen LogP contribution is 2.60. The van der Waals surface area contributed by atoms with Gasteiger partial charge in [-0.05, 0) is 42.7 Å². The summed E-state index contributed by atoms with van der Waals surface area (Å²) in [4.78, 5) is 0. The van der Waals surface area contributed by atoms with Gasteiger partial charge in [0.1, 0.15) is 0 Å². The first-order valence-electron chi connectivity index (χ1n) is 9.52. The van der Waals surface area contributed by atoms with E-state index in [1.807, 2.05) is 86.6 Å². The summed E-state index contributed by atoms with van der Waals surface area (Å²) in [5.74, 6) is -0.598. The van der Waals surface area contributed by atoms with Crippen LogP contribution in [0.3, 0.4) is 0 Å². The van der Waals surface area contributed by atoms with Crippen LogP contribution in [0.15, 0.2) is 84.9 Å². The molecule has 1 unspecified atom stereocenters. The molecule has 0 saturated heterocycles. The summed E-state index contributed by atoms with van der Waals surface area (Å²) in [7, 11) is -3.42. The second-order valence-electron chi connectivity index (χ2n) is 6.28. The fourth-order valence-corrected chi connectivity index (χ4v) is 5.01. The Bertz CT molecular complexity index is 888. The molecule has 0 heterocycles. The van der Waals surface area contributed by atoms with Crippen molar-refractivity contribution in [3.63, 3.8) is 0 Å². The van der Waals surface area contributed by atoms with Crippen molar-refractivity contribution in [2.45, 2.75) is 19.6 Å². The molecule has 146 valence electrons. The number of nitrogens with one attached hydrogen (secondary N) is 1. The molecular formula is C23H26NO3P. The number of anilines is 1. The first kappa shape index (κ1) is 20.3. The first-order chi connectivity index (χ1) is 13.7. The van der Waals surface area contributed by atoms with E-state index in [9.17, 15) is 4.57 Å². The van der Waals surface area contributed by atoms with Gasteiger partial charge in [0, 0.05) is 5.69 Å². The average Bonchev–Trinajstić information content (AvgIpc) is 2.74. The Kier molecular flexibility index (Phi) is 7.05. The molecule has 0 aliphatic carbocycles. The highest BCUT2D eigenvalue weighted by atomic mass is 31.2. The zero-order valence-electron chi connectivity index (χ0n) is 16.2. The first-order valence-corrected chi connectivity index (χ1v) is 11.1. The van der Waals surface area contributed by atoms with Gasteiger partial charge in [-0.3, -0.25) is 4.57 Å². The SMILES string of the molecule is CCOP(=O)(OCC)C(Nc1ccccc1)c1ccc(-c2ccccc2)cc1. The third-order valence-corrected chi connectivity index (χ3v) is 6.64. The van der Waals surface area contributed by atoms with E-state index in [4.69, 9.17) is 9.05 Å². The van der Waals surface area contributed by atoms with E-state index in [1.54, 1.807) is 0 Å². The Balaban J connectivity index is 1.97. The predicted molar refractivity (Wildman–Crippen MR) is 116 cm³/mol. The van der Waals surface area contributed by atoms with Crippen LogP contribution in [0.1, 0.15) is 25.2 Å². The van der Waals surface area contributed by atoms with Crippen LogP contribution in [-0.2, 0) is 13.6 Å². The average molecular weight is 395 g/mol. The van der Waals surface area contributed by atoms with Gasteiger partial charge >= 0.3 is 7.60 Å². The lowest BCUT2D eigenvalue weighted by Crippen LogP contribution is -2.15. The van der Waals surface area contributed by atoms with Crippen LogP contribution < -0.4 is 5.32 Å². The molecule has 0 saturated carbocycles. The zero-order valence-corrected chi connectivity index (χ0v) is 17.1. The lowest BCUT2D eigenvalue weighted by molar-refractivity contribution is 0.214. The number of hydrogen-bond acceptors (Lipinski definition) is 4. The third-order valence-electron chi connectivity index (χ3n) is 4.35. The second-order valence-corrected chi connectivity index (χ2v) is 8.39. The van der Waals surface area contributed by atoms with Crippen LogP contribution in [0.2, 0.25) is 0 Å². The third kappa shape index (κ3) is 4.90. The highest BCUT2D eigenvalue weighted by Gasteiger charge is 2.37. The van der Waals surface area contributed by atoms with Gasteiger partial charge in [0.15, 0.2) is 5.78 Å². The molecule has 3 aromatic rings. The quantitative estimate of drug-likeness (QED) is 0.408. The lowest BCUT2D eigenvalue weighted by Gasteiger charge is -2.28. The largest absolute Gasteiger partial charge is 0.368 e. The van der Waals surface area contributed by atoms with Crippen LogP contribution >= 0.6 is 7.60 Å². The normalized spacial score (nSPS) is 12.5. The summed E-state index contributed by atoms with van der Waals surface area (Å²) in [5, 5.41) is 3.35. The smallest absolute Gasteiger partial charge is 0.357 e. The maximum absolute atomic E-state index is 13.6. The van der Waals surface area contributed by atoms with Crippen molar-refractivity contribution in [2.24, 2.45) is 0 Å². The lowest BCUT2D eigenvalue weighted by atomic mass is 10.0. The summed E-state index contributed by atoms with van der Waals surface area (Å²) in [5.41, 5.74) is 3.96. The van der Waals surface area contributed by atoms with Gasteiger partial charge in [-0.15, -0.1) is 0 Å². The van der Waals surface area contributed by atoms with Gasteiger partial charge in [-0.25, -0.2) is 0 Å². The van der Waals surface area contributed by atoms with Gasteiger partial charge in [0.2, 0.25) is 0 Å². The topological polar surface area (TPSA) is 47.6 Å². The van der Waals surface area contributed by atoms with Crippen molar-refractivity contribution in [3.8, 4) is 11.1 Å². The molecular weight excluding hydrogens is 369 g/mol. The van der Waals surface area contributed by atoms with Gasteiger partial charge in [0.05, 0.1) is 13.2 Å². The van der Waals surface area contributed by atoms with Crippen LogP contribution in [0, 0.1) is 0 Å². The van der Waals surface area contributed by atoms with Crippen LogP contribution in [0.5, 0.6) is 0 Å². The van der Waals surface area contributed by atoms with Gasteiger partial charge in [-0.2, -0.15) is 0 Å². The molecule has 0 aliphatic rings. The van der Waals surface area contributed by atoms with Crippen LogP contribution in [0.25, 0.3) is 11.1 Å². The molecule has 28 heavy (non-hydrogen) atoms. The van der Waals surface area contributed by atoms with E-state index in [-0.39, 0.29) is 0 Å². The second kappa shape index (κ2) is 9.70. The number of para-hydroxylation sites is 1. The summed E-state index contributed by atoms with van der Waals surface area (Å²) in [6.07, 6.45) is 0. The summed E-state index contributed by atoms with van der Waals surface area (Å²) in [6.45, 7) is 4.27. The molecule has 0 amide bonds. The summed E-state index contributed by atoms with van der Waals surface area (Å²) >= 11 is 0.